The highest BCUT2D eigenvalue weighted by Crippen LogP contribution is 2.45. The largest absolute Gasteiger partial charge is 0.497 e. The maximum Gasteiger partial charge on any atom is 0.174 e. The van der Waals surface area contributed by atoms with Crippen LogP contribution in [0, 0.1) is 13.8 Å². The fraction of sp³-hybridized carbons (Fsp3) is 0.385. The van der Waals surface area contributed by atoms with Crippen LogP contribution in [0.4, 0.5) is 5.69 Å². The van der Waals surface area contributed by atoms with Gasteiger partial charge < -0.3 is 19.5 Å². The van der Waals surface area contributed by atoms with Gasteiger partial charge in [-0.1, -0.05) is 18.9 Å². The maximum absolute atomic E-state index is 5.88. The minimum atomic E-state index is -0.0247. The van der Waals surface area contributed by atoms with Gasteiger partial charge in [0.15, 0.2) is 5.11 Å². The Morgan fingerprint density at radius 3 is 2.47 bits per heavy atom. The molecule has 5 rings (SSSR count). The zero-order chi connectivity index (χ0) is 22.2. The van der Waals surface area contributed by atoms with Crippen molar-refractivity contribution >= 4 is 23.0 Å². The molecule has 2 atom stereocenters. The monoisotopic (exact) mass is 446 g/mol. The third-order valence-electron chi connectivity index (χ3n) is 6.98. The van der Waals surface area contributed by atoms with Crippen LogP contribution in [0.3, 0.4) is 0 Å². The van der Waals surface area contributed by atoms with E-state index in [1.165, 1.54) is 42.6 Å². The molecule has 3 aromatic rings. The van der Waals surface area contributed by atoms with E-state index in [9.17, 15) is 0 Å². The summed E-state index contributed by atoms with van der Waals surface area (Å²) in [6.07, 6.45) is 7.03. The van der Waals surface area contributed by atoms with Crippen molar-refractivity contribution in [2.75, 3.05) is 12.0 Å². The van der Waals surface area contributed by atoms with E-state index in [0.29, 0.717) is 6.04 Å². The summed E-state index contributed by atoms with van der Waals surface area (Å²) in [5.41, 5.74) is 6.04. The quantitative estimate of drug-likeness (QED) is 0.502. The molecule has 2 fully saturated rings. The summed E-state index contributed by atoms with van der Waals surface area (Å²) in [5, 5.41) is 4.30. The van der Waals surface area contributed by atoms with Gasteiger partial charge in [-0.05, 0) is 86.9 Å². The molecule has 1 aliphatic carbocycles. The Hall–Kier alpha value is -2.86. The lowest BCUT2D eigenvalue weighted by molar-refractivity contribution is 0.415. The second-order valence-corrected chi connectivity index (χ2v) is 9.22. The summed E-state index contributed by atoms with van der Waals surface area (Å²) in [6.45, 7) is 4.51. The maximum atomic E-state index is 5.88. The highest BCUT2D eigenvalue weighted by molar-refractivity contribution is 7.80. The number of benzene rings is 1. The Kier molecular flexibility index (Phi) is 5.64. The number of nitrogens with one attached hydrogen (secondary N) is 1. The zero-order valence-corrected chi connectivity index (χ0v) is 19.7. The van der Waals surface area contributed by atoms with Crippen molar-refractivity contribution < 1.29 is 4.74 Å². The van der Waals surface area contributed by atoms with Crippen LogP contribution in [-0.2, 0) is 0 Å². The van der Waals surface area contributed by atoms with Gasteiger partial charge in [0, 0.05) is 29.3 Å². The van der Waals surface area contributed by atoms with Gasteiger partial charge in [0.05, 0.1) is 24.9 Å². The summed E-state index contributed by atoms with van der Waals surface area (Å²) >= 11 is 5.88. The molecule has 2 aromatic heterocycles. The Morgan fingerprint density at radius 1 is 1.06 bits per heavy atom. The number of aryl methyl sites for hydroxylation is 1. The summed E-state index contributed by atoms with van der Waals surface area (Å²) in [6, 6.07) is 17.2. The van der Waals surface area contributed by atoms with Crippen LogP contribution in [0.2, 0.25) is 0 Å². The Morgan fingerprint density at radius 2 is 1.81 bits per heavy atom. The normalized spacial score (nSPS) is 21.2. The lowest BCUT2D eigenvalue weighted by Crippen LogP contribution is -2.29. The van der Waals surface area contributed by atoms with Gasteiger partial charge in [0.1, 0.15) is 5.75 Å². The first-order chi connectivity index (χ1) is 15.6. The van der Waals surface area contributed by atoms with Gasteiger partial charge in [-0.3, -0.25) is 4.98 Å². The van der Waals surface area contributed by atoms with Crippen LogP contribution < -0.4 is 15.0 Å². The lowest BCUT2D eigenvalue weighted by atomic mass is 9.96. The molecule has 32 heavy (non-hydrogen) atoms. The Labute approximate surface area is 195 Å². The molecule has 0 radical (unpaired) electrons. The van der Waals surface area contributed by atoms with Crippen molar-refractivity contribution in [2.45, 2.75) is 57.7 Å². The summed E-state index contributed by atoms with van der Waals surface area (Å²) in [7, 11) is 1.69. The number of aromatic nitrogens is 2. The van der Waals surface area contributed by atoms with Gasteiger partial charge in [-0.25, -0.2) is 0 Å². The number of rotatable bonds is 5. The van der Waals surface area contributed by atoms with E-state index >= 15 is 0 Å². The Balaban J connectivity index is 1.63. The highest BCUT2D eigenvalue weighted by Gasteiger charge is 2.42. The Bertz CT molecular complexity index is 1100. The van der Waals surface area contributed by atoms with Crippen LogP contribution in [0.1, 0.15) is 66.5 Å². The van der Waals surface area contributed by atoms with Gasteiger partial charge in [-0.15, -0.1) is 0 Å². The van der Waals surface area contributed by atoms with Gasteiger partial charge in [-0.2, -0.15) is 0 Å². The van der Waals surface area contributed by atoms with E-state index in [1.807, 2.05) is 30.5 Å². The molecule has 0 unspecified atom stereocenters. The number of methoxy groups -OCH3 is 1. The second-order valence-electron chi connectivity index (χ2n) is 8.83. The SMILES string of the molecule is COc1ccc(N2C(=S)N[C@@H](c3ccccn3)[C@H]2c2cc(C)n(C3CCCC3)c2C)cc1. The van der Waals surface area contributed by atoms with Crippen LogP contribution in [0.25, 0.3) is 0 Å². The lowest BCUT2D eigenvalue weighted by Gasteiger charge is -2.28. The number of nitrogens with zero attached hydrogens (tertiary/aromatic N) is 3. The van der Waals surface area contributed by atoms with Crippen molar-refractivity contribution in [2.24, 2.45) is 0 Å². The molecule has 1 aliphatic heterocycles. The number of thiocarbonyl (C=S) groups is 1. The van der Waals surface area contributed by atoms with Crippen molar-refractivity contribution in [3.8, 4) is 5.75 Å². The first-order valence-corrected chi connectivity index (χ1v) is 11.8. The van der Waals surface area contributed by atoms with Crippen LogP contribution in [0.15, 0.2) is 54.7 Å². The highest BCUT2D eigenvalue weighted by atomic mass is 32.1. The van der Waals surface area contributed by atoms with E-state index in [0.717, 1.165) is 22.2 Å². The van der Waals surface area contributed by atoms with E-state index in [2.05, 4.69) is 57.9 Å². The minimum Gasteiger partial charge on any atom is -0.497 e. The van der Waals surface area contributed by atoms with Gasteiger partial charge in [0.25, 0.3) is 0 Å². The van der Waals surface area contributed by atoms with Gasteiger partial charge in [0.2, 0.25) is 0 Å². The summed E-state index contributed by atoms with van der Waals surface area (Å²) < 4.78 is 7.94. The molecule has 1 N–H and O–H groups in total. The third kappa shape index (κ3) is 3.56. The average Bonchev–Trinajstić information content (AvgIpc) is 3.52. The average molecular weight is 447 g/mol. The van der Waals surface area contributed by atoms with E-state index < -0.39 is 0 Å². The number of hydrogen-bond acceptors (Lipinski definition) is 3. The number of pyridine rings is 1. The molecule has 0 spiro atoms. The second kappa shape index (κ2) is 8.58. The molecular weight excluding hydrogens is 416 g/mol. The van der Waals surface area contributed by atoms with E-state index in [1.54, 1.807) is 7.11 Å². The molecule has 5 nitrogen and oxygen atoms in total. The predicted octanol–water partition coefficient (Wildman–Crippen LogP) is 5.80. The molecule has 1 aromatic carbocycles. The fourth-order valence-corrected chi connectivity index (χ4v) is 5.86. The van der Waals surface area contributed by atoms with Crippen LogP contribution in [0.5, 0.6) is 5.75 Å². The van der Waals surface area contributed by atoms with Crippen molar-refractivity contribution in [1.29, 1.82) is 0 Å². The molecule has 0 bridgehead atoms. The predicted molar refractivity (Wildman–Crippen MR) is 132 cm³/mol. The fourth-order valence-electron chi connectivity index (χ4n) is 5.52. The zero-order valence-electron chi connectivity index (χ0n) is 18.9. The first kappa shape index (κ1) is 21.0. The molecule has 1 saturated carbocycles. The topological polar surface area (TPSA) is 42.3 Å². The van der Waals surface area contributed by atoms with E-state index in [4.69, 9.17) is 17.0 Å². The molecule has 3 heterocycles. The smallest absolute Gasteiger partial charge is 0.174 e. The molecular formula is C26H30N4OS. The number of hydrogen-bond donors (Lipinski definition) is 1. The number of ether oxygens (including phenoxy) is 1. The summed E-state index contributed by atoms with van der Waals surface area (Å²) in [5.74, 6) is 0.837. The van der Waals surface area contributed by atoms with Crippen molar-refractivity contribution in [3.05, 3.63) is 77.4 Å². The van der Waals surface area contributed by atoms with Gasteiger partial charge >= 0.3 is 0 Å². The van der Waals surface area contributed by atoms with Crippen molar-refractivity contribution in [3.63, 3.8) is 0 Å². The van der Waals surface area contributed by atoms with Crippen LogP contribution in [-0.4, -0.2) is 21.8 Å². The molecule has 2 aliphatic rings. The molecule has 1 saturated heterocycles. The van der Waals surface area contributed by atoms with Crippen LogP contribution >= 0.6 is 12.2 Å². The third-order valence-corrected chi connectivity index (χ3v) is 7.30. The molecule has 6 heteroatoms. The minimum absolute atomic E-state index is 0.0205. The standard InChI is InChI=1S/C26H30N4OS/c1-17-16-22(18(2)29(17)19-8-4-5-9-19)25-24(23-10-6-7-15-27-23)28-26(32)30(25)20-11-13-21(31-3)14-12-20/h6-7,10-16,19,24-25H,4-5,8-9H2,1-3H3,(H,28,32)/t24-,25+/m0/s1. The van der Waals surface area contributed by atoms with Crippen molar-refractivity contribution in [1.82, 2.24) is 14.9 Å². The van der Waals surface area contributed by atoms with E-state index in [-0.39, 0.29) is 12.1 Å². The summed E-state index contributed by atoms with van der Waals surface area (Å²) in [4.78, 5) is 6.93. The molecule has 166 valence electrons. The molecule has 0 amide bonds. The first-order valence-electron chi connectivity index (χ1n) is 11.4. The number of anilines is 1.